The van der Waals surface area contributed by atoms with E-state index < -0.39 is 12.3 Å². The fourth-order valence-electron chi connectivity index (χ4n) is 6.63. The molecule has 0 radical (unpaired) electrons. The zero-order valence-corrected chi connectivity index (χ0v) is 26.3. The molecule has 248 valence electrons. The maximum Gasteiger partial charge on any atom is 0.326 e. The molecule has 4 aromatic rings. The zero-order chi connectivity index (χ0) is 32.8. The van der Waals surface area contributed by atoms with Crippen LogP contribution in [0.4, 0.5) is 5.69 Å². The lowest BCUT2D eigenvalue weighted by molar-refractivity contribution is -0.253. The molecule has 0 saturated carbocycles. The number of rotatable bonds is 12. The van der Waals surface area contributed by atoms with Crippen molar-refractivity contribution in [1.82, 2.24) is 14.5 Å². The second-order valence-electron chi connectivity index (χ2n) is 12.5. The van der Waals surface area contributed by atoms with E-state index >= 15 is 0 Å². The Kier molecular flexibility index (Phi) is 10.5. The Hall–Kier alpha value is -4.29. The number of nitrogens with zero attached hydrogens (tertiary/aromatic N) is 2. The lowest BCUT2D eigenvalue weighted by atomic mass is 9.98. The summed E-state index contributed by atoms with van der Waals surface area (Å²) < 4.78 is 15.0. The fourth-order valence-corrected chi connectivity index (χ4v) is 6.63. The van der Waals surface area contributed by atoms with Crippen molar-refractivity contribution in [3.63, 3.8) is 0 Å². The van der Waals surface area contributed by atoms with Crippen molar-refractivity contribution in [3.05, 3.63) is 100.0 Å². The first-order chi connectivity index (χ1) is 22.9. The minimum absolute atomic E-state index is 0.0218. The third-order valence-corrected chi connectivity index (χ3v) is 9.13. The van der Waals surface area contributed by atoms with E-state index in [1.807, 2.05) is 77.4 Å². The number of nitrogens with one attached hydrogen (secondary N) is 2. The van der Waals surface area contributed by atoms with Crippen LogP contribution in [0.2, 0.25) is 0 Å². The van der Waals surface area contributed by atoms with Crippen molar-refractivity contribution in [2.75, 3.05) is 25.0 Å². The molecule has 3 aromatic carbocycles. The van der Waals surface area contributed by atoms with E-state index in [1.165, 1.54) is 0 Å². The highest BCUT2D eigenvalue weighted by Crippen LogP contribution is 2.39. The molecule has 0 spiro atoms. The molecular weight excluding hydrogens is 600 g/mol. The average molecular weight is 643 g/mol. The topological polar surface area (TPSA) is 146 Å². The minimum atomic E-state index is -0.858. The Balaban J connectivity index is 1.10. The van der Waals surface area contributed by atoms with Gasteiger partial charge in [0.1, 0.15) is 0 Å². The molecule has 0 bridgehead atoms. The van der Waals surface area contributed by atoms with Gasteiger partial charge in [-0.3, -0.25) is 14.2 Å². The van der Waals surface area contributed by atoms with Gasteiger partial charge >= 0.3 is 11.7 Å². The van der Waals surface area contributed by atoms with Crippen molar-refractivity contribution in [2.45, 2.75) is 76.1 Å². The molecule has 11 heteroatoms. The van der Waals surface area contributed by atoms with E-state index in [0.717, 1.165) is 60.2 Å². The van der Waals surface area contributed by atoms with Crippen molar-refractivity contribution in [3.8, 4) is 0 Å². The molecule has 2 saturated heterocycles. The fraction of sp³-hybridized carbons (Fsp3) is 0.417. The summed E-state index contributed by atoms with van der Waals surface area (Å²) in [6.07, 6.45) is 2.78. The predicted octanol–water partition coefficient (Wildman–Crippen LogP) is 5.29. The lowest BCUT2D eigenvalue weighted by Gasteiger charge is -2.40. The highest BCUT2D eigenvalue weighted by Gasteiger charge is 2.34. The minimum Gasteiger partial charge on any atom is -0.481 e. The molecule has 4 N–H and O–H groups in total. The van der Waals surface area contributed by atoms with Crippen LogP contribution in [0, 0.1) is 0 Å². The summed E-state index contributed by atoms with van der Waals surface area (Å²) in [7, 11) is 0. The maximum atomic E-state index is 12.8. The van der Waals surface area contributed by atoms with Crippen molar-refractivity contribution in [2.24, 2.45) is 0 Å². The van der Waals surface area contributed by atoms with E-state index in [2.05, 4.69) is 15.2 Å². The van der Waals surface area contributed by atoms with Crippen molar-refractivity contribution < 1.29 is 29.3 Å². The number of H-pyrrole nitrogens is 1. The monoisotopic (exact) mass is 642 g/mol. The number of carbonyl (C=O) groups excluding carboxylic acids is 1. The Morgan fingerprint density at radius 2 is 1.60 bits per heavy atom. The number of para-hydroxylation sites is 2. The van der Waals surface area contributed by atoms with Gasteiger partial charge in [0.05, 0.1) is 29.8 Å². The summed E-state index contributed by atoms with van der Waals surface area (Å²) in [4.78, 5) is 41.2. The Labute approximate surface area is 273 Å². The molecule has 47 heavy (non-hydrogen) atoms. The second-order valence-corrected chi connectivity index (χ2v) is 12.5. The van der Waals surface area contributed by atoms with Gasteiger partial charge in [-0.05, 0) is 61.1 Å². The van der Waals surface area contributed by atoms with Gasteiger partial charge in [-0.1, -0.05) is 48.5 Å². The molecule has 11 nitrogen and oxygen atoms in total. The predicted molar refractivity (Wildman–Crippen MR) is 177 cm³/mol. The Bertz CT molecular complexity index is 1710. The molecular formula is C36H42N4O7. The van der Waals surface area contributed by atoms with Gasteiger partial charge in [-0.15, -0.1) is 0 Å². The molecule has 3 atom stereocenters. The van der Waals surface area contributed by atoms with Gasteiger partial charge in [-0.2, -0.15) is 0 Å². The largest absolute Gasteiger partial charge is 0.481 e. The Morgan fingerprint density at radius 1 is 0.894 bits per heavy atom. The number of carboxylic acid groups (broad SMARTS) is 1. The number of amides is 1. The van der Waals surface area contributed by atoms with E-state index in [0.29, 0.717) is 24.9 Å². The molecule has 3 heterocycles. The Morgan fingerprint density at radius 3 is 2.32 bits per heavy atom. The van der Waals surface area contributed by atoms with Crippen LogP contribution in [0.3, 0.4) is 0 Å². The number of anilines is 1. The van der Waals surface area contributed by atoms with Crippen LogP contribution in [-0.2, 0) is 25.7 Å². The van der Waals surface area contributed by atoms with E-state index in [1.54, 1.807) is 0 Å². The smallest absolute Gasteiger partial charge is 0.326 e. The molecule has 2 aliphatic rings. The number of hydrogen-bond donors (Lipinski definition) is 4. The number of piperidine rings is 1. The van der Waals surface area contributed by atoms with Crippen molar-refractivity contribution >= 4 is 28.6 Å². The standard InChI is InChI=1S/C36H42N4O7/c41-23-24-9-11-25(12-10-24)32-21-29(22-39-19-17-28(18-20-39)40-31-6-2-1-5-30(31)38-36(40)45)46-35(47-32)26-13-15-27(16-14-26)37-33(42)7-3-4-8-34(43)44/h1-2,5-6,9-16,28-29,32,35,41H,3-4,7-8,17-23H2,(H,37,42)(H,38,45)(H,43,44). The summed E-state index contributed by atoms with van der Waals surface area (Å²) in [5, 5.41) is 21.2. The summed E-state index contributed by atoms with van der Waals surface area (Å²) >= 11 is 0. The number of hydrogen-bond acceptors (Lipinski definition) is 7. The highest BCUT2D eigenvalue weighted by atomic mass is 16.7. The number of aliphatic hydroxyl groups excluding tert-OH is 1. The van der Waals surface area contributed by atoms with Crippen LogP contribution in [0.25, 0.3) is 11.0 Å². The van der Waals surface area contributed by atoms with Gasteiger partial charge in [0.25, 0.3) is 0 Å². The van der Waals surface area contributed by atoms with Crippen LogP contribution in [0.5, 0.6) is 0 Å². The molecule has 1 amide bonds. The molecule has 0 aliphatic carbocycles. The third-order valence-electron chi connectivity index (χ3n) is 9.13. The molecule has 2 aliphatic heterocycles. The van der Waals surface area contributed by atoms with E-state index in [9.17, 15) is 19.5 Å². The number of carbonyl (C=O) groups is 2. The molecule has 6 rings (SSSR count). The van der Waals surface area contributed by atoms with Gasteiger partial charge in [0, 0.05) is 56.2 Å². The van der Waals surface area contributed by atoms with Crippen LogP contribution in [-0.4, -0.2) is 62.3 Å². The second kappa shape index (κ2) is 15.1. The number of aliphatic hydroxyl groups is 1. The van der Waals surface area contributed by atoms with Crippen LogP contribution < -0.4 is 11.0 Å². The average Bonchev–Trinajstić information content (AvgIpc) is 3.43. The summed E-state index contributed by atoms with van der Waals surface area (Å²) in [6.45, 7) is 2.41. The number of ether oxygens (including phenoxy) is 2. The van der Waals surface area contributed by atoms with Gasteiger partial charge in [0.2, 0.25) is 5.91 Å². The summed E-state index contributed by atoms with van der Waals surface area (Å²) in [5.74, 6) is -1.01. The number of benzene rings is 3. The number of aromatic amines is 1. The van der Waals surface area contributed by atoms with E-state index in [-0.39, 0.29) is 49.3 Å². The molecule has 1 aromatic heterocycles. The number of aromatic nitrogens is 2. The van der Waals surface area contributed by atoms with Gasteiger partial charge < -0.3 is 34.9 Å². The van der Waals surface area contributed by atoms with E-state index in [4.69, 9.17) is 14.6 Å². The zero-order valence-electron chi connectivity index (χ0n) is 26.3. The SMILES string of the molecule is O=C(O)CCCCC(=O)Nc1ccc(C2OC(CN3CCC(n4c(=O)[nH]c5ccccc54)CC3)CC(c3ccc(CO)cc3)O2)cc1. The maximum absolute atomic E-state index is 12.8. The molecule has 3 unspecified atom stereocenters. The number of likely N-dealkylation sites (tertiary alicyclic amines) is 1. The number of carboxylic acids is 1. The number of aliphatic carboxylic acids is 1. The third kappa shape index (κ3) is 8.17. The van der Waals surface area contributed by atoms with Gasteiger partial charge in [-0.25, -0.2) is 4.79 Å². The number of imidazole rings is 1. The first-order valence-electron chi connectivity index (χ1n) is 16.4. The van der Waals surface area contributed by atoms with Crippen LogP contribution in [0.1, 0.15) is 80.1 Å². The lowest BCUT2D eigenvalue weighted by Crippen LogP contribution is -2.43. The van der Waals surface area contributed by atoms with Crippen molar-refractivity contribution in [1.29, 1.82) is 0 Å². The first kappa shape index (κ1) is 32.6. The summed E-state index contributed by atoms with van der Waals surface area (Å²) in [5.41, 5.74) is 5.10. The number of fused-ring (bicyclic) bond motifs is 1. The quantitative estimate of drug-likeness (QED) is 0.153. The van der Waals surface area contributed by atoms with Crippen LogP contribution >= 0.6 is 0 Å². The highest BCUT2D eigenvalue weighted by molar-refractivity contribution is 5.90. The normalized spacial score (nSPS) is 20.7. The van der Waals surface area contributed by atoms with Crippen LogP contribution in [0.15, 0.2) is 77.6 Å². The first-order valence-corrected chi connectivity index (χ1v) is 16.4. The number of unbranched alkanes of at least 4 members (excludes halogenated alkanes) is 1. The van der Waals surface area contributed by atoms with Gasteiger partial charge in [0.15, 0.2) is 6.29 Å². The summed E-state index contributed by atoms with van der Waals surface area (Å²) in [6, 6.07) is 23.2. The molecule has 2 fully saturated rings.